The van der Waals surface area contributed by atoms with Crippen molar-refractivity contribution in [3.05, 3.63) is 42.2 Å². The fraction of sp³-hybridized carbons (Fsp3) is 0.556. The maximum Gasteiger partial charge on any atom is 0.129 e. The van der Waals surface area contributed by atoms with Crippen LogP contribution in [0.25, 0.3) is 0 Å². The van der Waals surface area contributed by atoms with Crippen molar-refractivity contribution < 1.29 is 4.74 Å². The zero-order chi connectivity index (χ0) is 13.8. The number of allylic oxidation sites excluding steroid dienone is 1. The number of unbranched alkanes of at least 4 members (excludes halogenated alkanes) is 6. The summed E-state index contributed by atoms with van der Waals surface area (Å²) in [6.07, 6.45) is 14.3. The third kappa shape index (κ3) is 7.05. The first kappa shape index (κ1) is 15.8. The van der Waals surface area contributed by atoms with Crippen LogP contribution >= 0.6 is 0 Å². The van der Waals surface area contributed by atoms with Crippen LogP contribution in [-0.4, -0.2) is 0 Å². The Bertz CT molecular complexity index is 354. The van der Waals surface area contributed by atoms with Crippen molar-refractivity contribution in [2.24, 2.45) is 0 Å². The minimum Gasteiger partial charge on any atom is -0.465 e. The predicted octanol–water partition coefficient (Wildman–Crippen LogP) is 5.89. The second-order valence-electron chi connectivity index (χ2n) is 5.07. The molecule has 0 aliphatic rings. The van der Waals surface area contributed by atoms with Gasteiger partial charge in [-0.2, -0.15) is 0 Å². The molecule has 0 atom stereocenters. The molecule has 1 nitrogen and oxygen atoms in total. The molecule has 0 unspecified atom stereocenters. The number of rotatable bonds is 10. The molecular weight excluding hydrogens is 232 g/mol. The van der Waals surface area contributed by atoms with E-state index in [1.54, 1.807) is 6.26 Å². The van der Waals surface area contributed by atoms with Crippen molar-refractivity contribution >= 4 is 0 Å². The summed E-state index contributed by atoms with van der Waals surface area (Å²) < 4.78 is 5.62. The highest BCUT2D eigenvalue weighted by Gasteiger charge is 2.01. The van der Waals surface area contributed by atoms with Gasteiger partial charge in [-0.05, 0) is 31.4 Å². The summed E-state index contributed by atoms with van der Waals surface area (Å²) in [5.41, 5.74) is 1.33. The zero-order valence-corrected chi connectivity index (χ0v) is 12.5. The first-order valence-corrected chi connectivity index (χ1v) is 7.74. The molecule has 0 fully saturated rings. The first-order chi connectivity index (χ1) is 9.38. The average Bonchev–Trinajstić information content (AvgIpc) is 2.45. The Balaban J connectivity index is 2.24. The van der Waals surface area contributed by atoms with Gasteiger partial charge in [0.25, 0.3) is 0 Å². The van der Waals surface area contributed by atoms with Gasteiger partial charge in [-0.25, -0.2) is 0 Å². The highest BCUT2D eigenvalue weighted by molar-refractivity contribution is 5.33. The summed E-state index contributed by atoms with van der Waals surface area (Å²) in [6, 6.07) is 8.36. The van der Waals surface area contributed by atoms with Gasteiger partial charge < -0.3 is 4.74 Å². The van der Waals surface area contributed by atoms with Crippen LogP contribution in [-0.2, 0) is 6.42 Å². The summed E-state index contributed by atoms with van der Waals surface area (Å²) in [6.45, 7) is 4.24. The van der Waals surface area contributed by atoms with Crippen LogP contribution < -0.4 is 4.74 Å². The first-order valence-electron chi connectivity index (χ1n) is 7.74. The number of hydrogen-bond donors (Lipinski definition) is 0. The molecule has 19 heavy (non-hydrogen) atoms. The maximum atomic E-state index is 5.62. The molecule has 0 aromatic heterocycles. The smallest absolute Gasteiger partial charge is 0.129 e. The van der Waals surface area contributed by atoms with Gasteiger partial charge in [0.15, 0.2) is 0 Å². The van der Waals surface area contributed by atoms with E-state index in [1.165, 1.54) is 50.5 Å². The summed E-state index contributed by atoms with van der Waals surface area (Å²) in [5.74, 6) is 1.01. The molecule has 0 bridgehead atoms. The third-order valence-corrected chi connectivity index (χ3v) is 3.35. The number of aryl methyl sites for hydroxylation is 1. The molecule has 1 aromatic rings. The maximum absolute atomic E-state index is 5.62. The summed E-state index contributed by atoms with van der Waals surface area (Å²) >= 11 is 0. The molecule has 106 valence electrons. The van der Waals surface area contributed by atoms with Crippen LogP contribution in [0.3, 0.4) is 0 Å². The molecule has 0 aliphatic carbocycles. The molecule has 1 aromatic carbocycles. The molecule has 0 radical (unpaired) electrons. The molecule has 0 spiro atoms. The lowest BCUT2D eigenvalue weighted by atomic mass is 10.0. The van der Waals surface area contributed by atoms with Crippen LogP contribution in [0.15, 0.2) is 36.6 Å². The second-order valence-corrected chi connectivity index (χ2v) is 5.07. The van der Waals surface area contributed by atoms with E-state index in [2.05, 4.69) is 25.1 Å². The van der Waals surface area contributed by atoms with E-state index in [-0.39, 0.29) is 0 Å². The number of hydrogen-bond acceptors (Lipinski definition) is 1. The number of benzene rings is 1. The zero-order valence-electron chi connectivity index (χ0n) is 12.5. The predicted molar refractivity (Wildman–Crippen MR) is 83.6 cm³/mol. The highest BCUT2D eigenvalue weighted by Crippen LogP contribution is 2.21. The molecule has 0 saturated carbocycles. The number of para-hydroxylation sites is 1. The van der Waals surface area contributed by atoms with Crippen LogP contribution in [0.4, 0.5) is 0 Å². The number of ether oxygens (including phenoxy) is 1. The fourth-order valence-corrected chi connectivity index (χ4v) is 2.24. The van der Waals surface area contributed by atoms with Gasteiger partial charge in [0.05, 0.1) is 6.26 Å². The van der Waals surface area contributed by atoms with E-state index in [0.717, 1.165) is 12.2 Å². The largest absolute Gasteiger partial charge is 0.465 e. The highest BCUT2D eigenvalue weighted by atomic mass is 16.5. The monoisotopic (exact) mass is 260 g/mol. The fourth-order valence-electron chi connectivity index (χ4n) is 2.24. The normalized spacial score (nSPS) is 11.1. The topological polar surface area (TPSA) is 9.23 Å². The van der Waals surface area contributed by atoms with E-state index >= 15 is 0 Å². The Kier molecular flexibility index (Phi) is 8.87. The van der Waals surface area contributed by atoms with Gasteiger partial charge in [-0.1, -0.05) is 69.7 Å². The third-order valence-electron chi connectivity index (χ3n) is 3.35. The molecule has 0 aliphatic heterocycles. The SMILES string of the molecule is CC=COc1ccccc1CCCCCCCCC. The molecule has 1 heteroatoms. The van der Waals surface area contributed by atoms with Gasteiger partial charge in [0, 0.05) is 0 Å². The molecular formula is C18H28O. The lowest BCUT2D eigenvalue weighted by Gasteiger charge is -2.08. The molecule has 1 rings (SSSR count). The minimum absolute atomic E-state index is 1.01. The van der Waals surface area contributed by atoms with Gasteiger partial charge in [-0.3, -0.25) is 0 Å². The molecule has 0 heterocycles. The summed E-state index contributed by atoms with van der Waals surface area (Å²) in [5, 5.41) is 0. The molecule has 0 saturated heterocycles. The van der Waals surface area contributed by atoms with Crippen LogP contribution in [0.5, 0.6) is 5.75 Å². The van der Waals surface area contributed by atoms with E-state index < -0.39 is 0 Å². The van der Waals surface area contributed by atoms with E-state index in [4.69, 9.17) is 4.74 Å². The summed E-state index contributed by atoms with van der Waals surface area (Å²) in [7, 11) is 0. The summed E-state index contributed by atoms with van der Waals surface area (Å²) in [4.78, 5) is 0. The Morgan fingerprint density at radius 3 is 2.37 bits per heavy atom. The Morgan fingerprint density at radius 1 is 0.947 bits per heavy atom. The van der Waals surface area contributed by atoms with Crippen molar-refractivity contribution in [2.45, 2.75) is 65.2 Å². The van der Waals surface area contributed by atoms with Crippen molar-refractivity contribution in [3.8, 4) is 5.75 Å². The standard InChI is InChI=1S/C18H28O/c1-3-5-6-7-8-9-10-13-17-14-11-12-15-18(17)19-16-4-2/h4,11-12,14-16H,3,5-10,13H2,1-2H3. The Labute approximate surface area is 118 Å². The quantitative estimate of drug-likeness (QED) is 0.376. The lowest BCUT2D eigenvalue weighted by Crippen LogP contribution is -1.92. The van der Waals surface area contributed by atoms with Crippen LogP contribution in [0.2, 0.25) is 0 Å². The van der Waals surface area contributed by atoms with E-state index in [0.29, 0.717) is 0 Å². The Hall–Kier alpha value is -1.24. The molecule has 0 N–H and O–H groups in total. The lowest BCUT2D eigenvalue weighted by molar-refractivity contribution is 0.471. The van der Waals surface area contributed by atoms with E-state index in [9.17, 15) is 0 Å². The van der Waals surface area contributed by atoms with Gasteiger partial charge in [0.2, 0.25) is 0 Å². The van der Waals surface area contributed by atoms with Gasteiger partial charge >= 0.3 is 0 Å². The van der Waals surface area contributed by atoms with Crippen molar-refractivity contribution in [1.82, 2.24) is 0 Å². The van der Waals surface area contributed by atoms with Crippen molar-refractivity contribution in [2.75, 3.05) is 0 Å². The minimum atomic E-state index is 1.01. The Morgan fingerprint density at radius 2 is 1.63 bits per heavy atom. The second kappa shape index (κ2) is 10.7. The van der Waals surface area contributed by atoms with Crippen molar-refractivity contribution in [3.63, 3.8) is 0 Å². The van der Waals surface area contributed by atoms with Crippen LogP contribution in [0, 0.1) is 0 Å². The van der Waals surface area contributed by atoms with Gasteiger partial charge in [0.1, 0.15) is 5.75 Å². The van der Waals surface area contributed by atoms with Crippen molar-refractivity contribution in [1.29, 1.82) is 0 Å². The average molecular weight is 260 g/mol. The van der Waals surface area contributed by atoms with Gasteiger partial charge in [-0.15, -0.1) is 0 Å². The van der Waals surface area contributed by atoms with E-state index in [1.807, 2.05) is 19.1 Å². The van der Waals surface area contributed by atoms with Crippen LogP contribution in [0.1, 0.15) is 64.4 Å². The molecule has 0 amide bonds.